The van der Waals surface area contributed by atoms with Crippen molar-refractivity contribution in [3.63, 3.8) is 0 Å². The van der Waals surface area contributed by atoms with Gasteiger partial charge in [0, 0.05) is 19.6 Å². The van der Waals surface area contributed by atoms with E-state index in [9.17, 15) is 4.79 Å². The number of carbonyl (C=O) groups excluding carboxylic acids is 1. The molecule has 2 N–H and O–H groups in total. The molecule has 0 radical (unpaired) electrons. The number of carbonyl (C=O) groups is 1. The lowest BCUT2D eigenvalue weighted by molar-refractivity contribution is -0.141. The molecule has 1 rings (SSSR count). The molecular formula is C11H17NO4. The van der Waals surface area contributed by atoms with Gasteiger partial charge in [-0.1, -0.05) is 0 Å². The van der Waals surface area contributed by atoms with E-state index in [2.05, 4.69) is 4.74 Å². The largest absolute Gasteiger partial charge is 0.469 e. The van der Waals surface area contributed by atoms with Crippen molar-refractivity contribution in [2.24, 2.45) is 5.73 Å². The molecule has 1 atom stereocenters. The summed E-state index contributed by atoms with van der Waals surface area (Å²) in [6.45, 7) is 0.755. The van der Waals surface area contributed by atoms with Gasteiger partial charge in [0.15, 0.2) is 0 Å². The summed E-state index contributed by atoms with van der Waals surface area (Å²) < 4.78 is 15.0. The minimum Gasteiger partial charge on any atom is -0.469 e. The Morgan fingerprint density at radius 2 is 2.25 bits per heavy atom. The third-order valence-corrected chi connectivity index (χ3v) is 2.30. The van der Waals surface area contributed by atoms with Gasteiger partial charge in [0.05, 0.1) is 13.5 Å². The fraction of sp³-hybridized carbons (Fsp3) is 0.545. The Morgan fingerprint density at radius 1 is 1.50 bits per heavy atom. The van der Waals surface area contributed by atoms with Gasteiger partial charge in [-0.2, -0.15) is 0 Å². The standard InChI is InChI=1S/C11H17NO4/c1-14-7-9-3-4-10(16-9)8(6-12)5-11(13)15-2/h3-4,8H,5-7,12H2,1-2H3. The van der Waals surface area contributed by atoms with Crippen LogP contribution in [-0.2, 0) is 20.9 Å². The van der Waals surface area contributed by atoms with E-state index >= 15 is 0 Å². The van der Waals surface area contributed by atoms with Gasteiger partial charge in [-0.3, -0.25) is 4.79 Å². The molecule has 16 heavy (non-hydrogen) atoms. The number of furan rings is 1. The third kappa shape index (κ3) is 3.36. The quantitative estimate of drug-likeness (QED) is 0.735. The van der Waals surface area contributed by atoms with Crippen LogP contribution in [0.5, 0.6) is 0 Å². The zero-order valence-corrected chi connectivity index (χ0v) is 9.56. The summed E-state index contributed by atoms with van der Waals surface area (Å²) in [5, 5.41) is 0. The summed E-state index contributed by atoms with van der Waals surface area (Å²) in [6.07, 6.45) is 0.229. The summed E-state index contributed by atoms with van der Waals surface area (Å²) in [7, 11) is 2.95. The van der Waals surface area contributed by atoms with E-state index in [1.807, 2.05) is 12.1 Å². The Balaban J connectivity index is 2.67. The summed E-state index contributed by atoms with van der Waals surface area (Å²) in [5.41, 5.74) is 5.59. The summed E-state index contributed by atoms with van der Waals surface area (Å²) in [4.78, 5) is 11.1. The van der Waals surface area contributed by atoms with Gasteiger partial charge in [-0.25, -0.2) is 0 Å². The second-order valence-electron chi connectivity index (χ2n) is 3.45. The Morgan fingerprint density at radius 3 is 2.81 bits per heavy atom. The first-order chi connectivity index (χ1) is 7.71. The van der Waals surface area contributed by atoms with Gasteiger partial charge in [0.1, 0.15) is 18.1 Å². The SMILES string of the molecule is COCc1ccc(C(CN)CC(=O)OC)o1. The molecule has 0 saturated carbocycles. The summed E-state index contributed by atoms with van der Waals surface area (Å²) in [5.74, 6) is 0.985. The molecule has 1 aromatic heterocycles. The molecule has 1 unspecified atom stereocenters. The van der Waals surface area contributed by atoms with E-state index in [-0.39, 0.29) is 18.3 Å². The second kappa shape index (κ2) is 6.30. The predicted molar refractivity (Wildman–Crippen MR) is 57.8 cm³/mol. The van der Waals surface area contributed by atoms with Gasteiger partial charge in [0.2, 0.25) is 0 Å². The van der Waals surface area contributed by atoms with Crippen LogP contribution in [0.4, 0.5) is 0 Å². The molecule has 0 aromatic carbocycles. The van der Waals surface area contributed by atoms with Crippen molar-refractivity contribution in [2.45, 2.75) is 18.9 Å². The van der Waals surface area contributed by atoms with Gasteiger partial charge in [-0.15, -0.1) is 0 Å². The Kier molecular flexibility index (Phi) is 5.01. The number of methoxy groups -OCH3 is 2. The van der Waals surface area contributed by atoms with Crippen LogP contribution >= 0.6 is 0 Å². The molecule has 1 aromatic rings. The normalized spacial score (nSPS) is 12.4. The minimum atomic E-state index is -0.292. The van der Waals surface area contributed by atoms with E-state index in [4.69, 9.17) is 14.9 Å². The highest BCUT2D eigenvalue weighted by Gasteiger charge is 2.18. The average molecular weight is 227 g/mol. The molecule has 5 heteroatoms. The van der Waals surface area contributed by atoms with Crippen molar-refractivity contribution < 1.29 is 18.7 Å². The fourth-order valence-corrected chi connectivity index (χ4v) is 1.42. The molecule has 0 saturated heterocycles. The molecule has 0 bridgehead atoms. The first-order valence-electron chi connectivity index (χ1n) is 5.05. The number of hydrogen-bond donors (Lipinski definition) is 1. The molecule has 5 nitrogen and oxygen atoms in total. The lowest BCUT2D eigenvalue weighted by Crippen LogP contribution is -2.16. The lowest BCUT2D eigenvalue weighted by atomic mass is 10.0. The number of ether oxygens (including phenoxy) is 2. The van der Waals surface area contributed by atoms with Crippen molar-refractivity contribution in [1.29, 1.82) is 0 Å². The van der Waals surface area contributed by atoms with Crippen molar-refractivity contribution in [2.75, 3.05) is 20.8 Å². The maximum atomic E-state index is 11.1. The molecule has 0 fully saturated rings. The highest BCUT2D eigenvalue weighted by atomic mass is 16.5. The van der Waals surface area contributed by atoms with Crippen LogP contribution in [0.2, 0.25) is 0 Å². The fourth-order valence-electron chi connectivity index (χ4n) is 1.42. The van der Waals surface area contributed by atoms with Crippen LogP contribution in [0, 0.1) is 0 Å². The molecule has 0 aliphatic heterocycles. The Hall–Kier alpha value is -1.33. The first kappa shape index (κ1) is 12.7. The topological polar surface area (TPSA) is 74.7 Å². The van der Waals surface area contributed by atoms with Crippen LogP contribution < -0.4 is 5.73 Å². The number of rotatable bonds is 6. The smallest absolute Gasteiger partial charge is 0.306 e. The average Bonchev–Trinajstić information content (AvgIpc) is 2.74. The molecular weight excluding hydrogens is 210 g/mol. The van der Waals surface area contributed by atoms with E-state index in [1.165, 1.54) is 7.11 Å². The van der Waals surface area contributed by atoms with Crippen LogP contribution in [0.15, 0.2) is 16.5 Å². The van der Waals surface area contributed by atoms with E-state index in [1.54, 1.807) is 7.11 Å². The van der Waals surface area contributed by atoms with Crippen LogP contribution in [0.25, 0.3) is 0 Å². The number of hydrogen-bond acceptors (Lipinski definition) is 5. The molecule has 0 amide bonds. The van der Waals surface area contributed by atoms with Gasteiger partial charge >= 0.3 is 5.97 Å². The van der Waals surface area contributed by atoms with Crippen LogP contribution in [-0.4, -0.2) is 26.7 Å². The molecule has 0 aliphatic carbocycles. The summed E-state index contributed by atoms with van der Waals surface area (Å²) in [6, 6.07) is 3.63. The lowest BCUT2D eigenvalue weighted by Gasteiger charge is -2.10. The zero-order valence-electron chi connectivity index (χ0n) is 9.56. The van der Waals surface area contributed by atoms with Crippen molar-refractivity contribution in [1.82, 2.24) is 0 Å². The maximum absolute atomic E-state index is 11.1. The first-order valence-corrected chi connectivity index (χ1v) is 5.05. The van der Waals surface area contributed by atoms with Crippen LogP contribution in [0.3, 0.4) is 0 Å². The van der Waals surface area contributed by atoms with Crippen molar-refractivity contribution >= 4 is 5.97 Å². The molecule has 0 aliphatic rings. The van der Waals surface area contributed by atoms with Gasteiger partial charge in [-0.05, 0) is 12.1 Å². The van der Waals surface area contributed by atoms with Crippen molar-refractivity contribution in [3.8, 4) is 0 Å². The Bertz CT molecular complexity index is 334. The maximum Gasteiger partial charge on any atom is 0.306 e. The highest BCUT2D eigenvalue weighted by molar-refractivity contribution is 5.70. The van der Waals surface area contributed by atoms with Gasteiger partial charge in [0.25, 0.3) is 0 Å². The van der Waals surface area contributed by atoms with E-state index in [0.29, 0.717) is 18.9 Å². The Labute approximate surface area is 94.5 Å². The minimum absolute atomic E-state index is 0.141. The highest BCUT2D eigenvalue weighted by Crippen LogP contribution is 2.22. The van der Waals surface area contributed by atoms with E-state index < -0.39 is 0 Å². The molecule has 0 spiro atoms. The predicted octanol–water partition coefficient (Wildman–Crippen LogP) is 1.03. The molecule has 90 valence electrons. The summed E-state index contributed by atoms with van der Waals surface area (Å²) >= 11 is 0. The number of esters is 1. The van der Waals surface area contributed by atoms with Gasteiger partial charge < -0.3 is 19.6 Å². The third-order valence-electron chi connectivity index (χ3n) is 2.30. The van der Waals surface area contributed by atoms with Crippen LogP contribution in [0.1, 0.15) is 23.9 Å². The molecule has 1 heterocycles. The number of nitrogens with two attached hydrogens (primary N) is 1. The zero-order chi connectivity index (χ0) is 12.0. The second-order valence-corrected chi connectivity index (χ2v) is 3.45. The monoisotopic (exact) mass is 227 g/mol. The van der Waals surface area contributed by atoms with Crippen molar-refractivity contribution in [3.05, 3.63) is 23.7 Å². The van der Waals surface area contributed by atoms with E-state index in [0.717, 1.165) is 5.76 Å².